The van der Waals surface area contributed by atoms with Gasteiger partial charge in [0.2, 0.25) is 10.9 Å². The average Bonchev–Trinajstić information content (AvgIpc) is 2.83. The fourth-order valence-corrected chi connectivity index (χ4v) is 4.45. The number of nitrogens with zero attached hydrogens (tertiary/aromatic N) is 1. The Hall–Kier alpha value is -4.32. The zero-order valence-electron chi connectivity index (χ0n) is 18.0. The number of ether oxygens (including phenoxy) is 1. The molecular formula is C27H19NO5. The standard InChI is InChI=1S/C27H19NO5/c1-28(2)16-13-11-15(12-14-16)21-22-24(29)17-7-3-5-9-19(17)31-26(22)33-27-23(21)25(30)18-8-4-6-10-20(18)32-27/h3-14,21H,1-2H3. The van der Waals surface area contributed by atoms with Crippen LogP contribution in [0.4, 0.5) is 5.69 Å². The smallest absolute Gasteiger partial charge is 0.301 e. The van der Waals surface area contributed by atoms with Crippen molar-refractivity contribution < 1.29 is 13.6 Å². The molecule has 1 aliphatic heterocycles. The number of hydrogen-bond donors (Lipinski definition) is 0. The van der Waals surface area contributed by atoms with Crippen molar-refractivity contribution in [3.05, 3.63) is 110 Å². The van der Waals surface area contributed by atoms with E-state index < -0.39 is 5.92 Å². The molecule has 6 heteroatoms. The van der Waals surface area contributed by atoms with Crippen LogP contribution in [0.1, 0.15) is 22.6 Å². The summed E-state index contributed by atoms with van der Waals surface area (Å²) < 4.78 is 17.9. The minimum Gasteiger partial charge on any atom is -0.425 e. The summed E-state index contributed by atoms with van der Waals surface area (Å²) in [6, 6.07) is 21.8. The van der Waals surface area contributed by atoms with E-state index >= 15 is 0 Å². The van der Waals surface area contributed by atoms with E-state index in [0.29, 0.717) is 33.1 Å². The molecule has 6 rings (SSSR count). The van der Waals surface area contributed by atoms with Gasteiger partial charge < -0.3 is 18.5 Å². The van der Waals surface area contributed by atoms with E-state index in [1.54, 1.807) is 48.5 Å². The van der Waals surface area contributed by atoms with Crippen LogP contribution in [0.3, 0.4) is 0 Å². The van der Waals surface area contributed by atoms with Crippen LogP contribution >= 0.6 is 0 Å². The summed E-state index contributed by atoms with van der Waals surface area (Å²) in [5, 5.41) is 0.867. The van der Waals surface area contributed by atoms with E-state index in [4.69, 9.17) is 13.6 Å². The van der Waals surface area contributed by atoms with E-state index in [2.05, 4.69) is 0 Å². The predicted molar refractivity (Wildman–Crippen MR) is 127 cm³/mol. The molecule has 0 aliphatic carbocycles. The zero-order chi connectivity index (χ0) is 22.7. The average molecular weight is 437 g/mol. The van der Waals surface area contributed by atoms with Gasteiger partial charge in [0, 0.05) is 19.8 Å². The Balaban J connectivity index is 1.71. The molecule has 3 heterocycles. The Morgan fingerprint density at radius 1 is 0.667 bits per heavy atom. The molecule has 0 radical (unpaired) electrons. The Morgan fingerprint density at radius 3 is 1.64 bits per heavy atom. The largest absolute Gasteiger partial charge is 0.425 e. The van der Waals surface area contributed by atoms with Gasteiger partial charge in [0.05, 0.1) is 27.8 Å². The number of anilines is 1. The second kappa shape index (κ2) is 7.10. The maximum Gasteiger partial charge on any atom is 0.301 e. The fourth-order valence-electron chi connectivity index (χ4n) is 4.45. The lowest BCUT2D eigenvalue weighted by Gasteiger charge is -2.26. The first-order valence-corrected chi connectivity index (χ1v) is 10.6. The molecule has 0 saturated carbocycles. The topological polar surface area (TPSA) is 72.9 Å². The number of para-hydroxylation sites is 2. The van der Waals surface area contributed by atoms with E-state index in [9.17, 15) is 9.59 Å². The molecule has 3 aromatic carbocycles. The van der Waals surface area contributed by atoms with Crippen molar-refractivity contribution in [3.8, 4) is 11.9 Å². The van der Waals surface area contributed by atoms with Gasteiger partial charge in [-0.15, -0.1) is 0 Å². The highest BCUT2D eigenvalue weighted by atomic mass is 16.6. The van der Waals surface area contributed by atoms with Crippen LogP contribution in [-0.4, -0.2) is 14.1 Å². The summed E-state index contributed by atoms with van der Waals surface area (Å²) in [6.45, 7) is 0. The number of benzene rings is 3. The van der Waals surface area contributed by atoms with Gasteiger partial charge in [0.1, 0.15) is 11.2 Å². The molecule has 5 aromatic rings. The third-order valence-electron chi connectivity index (χ3n) is 6.10. The first-order valence-electron chi connectivity index (χ1n) is 10.6. The summed E-state index contributed by atoms with van der Waals surface area (Å²) >= 11 is 0. The third-order valence-corrected chi connectivity index (χ3v) is 6.10. The minimum absolute atomic E-state index is 0.0475. The molecule has 0 saturated heterocycles. The lowest BCUT2D eigenvalue weighted by Crippen LogP contribution is -2.26. The molecular weight excluding hydrogens is 418 g/mol. The minimum atomic E-state index is -0.693. The molecule has 1 aliphatic rings. The Kier molecular flexibility index (Phi) is 4.17. The zero-order valence-corrected chi connectivity index (χ0v) is 18.0. The van der Waals surface area contributed by atoms with Crippen molar-refractivity contribution in [3.63, 3.8) is 0 Å². The molecule has 162 valence electrons. The van der Waals surface area contributed by atoms with Crippen LogP contribution in [0, 0.1) is 0 Å². The molecule has 0 unspecified atom stereocenters. The molecule has 0 fully saturated rings. The van der Waals surface area contributed by atoms with Crippen LogP contribution in [-0.2, 0) is 0 Å². The molecule has 0 atom stereocenters. The maximum absolute atomic E-state index is 13.6. The van der Waals surface area contributed by atoms with E-state index in [-0.39, 0.29) is 22.8 Å². The predicted octanol–water partition coefficient (Wildman–Crippen LogP) is 5.25. The van der Waals surface area contributed by atoms with Crippen LogP contribution in [0.25, 0.3) is 21.9 Å². The van der Waals surface area contributed by atoms with Crippen molar-refractivity contribution in [2.75, 3.05) is 19.0 Å². The van der Waals surface area contributed by atoms with Crippen molar-refractivity contribution in [1.82, 2.24) is 0 Å². The van der Waals surface area contributed by atoms with E-state index in [0.717, 1.165) is 11.3 Å². The molecule has 33 heavy (non-hydrogen) atoms. The molecule has 0 N–H and O–H groups in total. The highest BCUT2D eigenvalue weighted by Crippen LogP contribution is 2.46. The van der Waals surface area contributed by atoms with Gasteiger partial charge in [0.25, 0.3) is 0 Å². The van der Waals surface area contributed by atoms with Gasteiger partial charge in [-0.25, -0.2) is 0 Å². The summed E-state index contributed by atoms with van der Waals surface area (Å²) in [5.41, 5.74) is 2.73. The maximum atomic E-state index is 13.6. The lowest BCUT2D eigenvalue weighted by atomic mass is 9.84. The summed E-state index contributed by atoms with van der Waals surface area (Å²) in [5.74, 6) is -0.598. The van der Waals surface area contributed by atoms with Gasteiger partial charge in [-0.2, -0.15) is 0 Å². The first-order chi connectivity index (χ1) is 16.0. The quantitative estimate of drug-likeness (QED) is 0.368. The monoisotopic (exact) mass is 437 g/mol. The SMILES string of the molecule is CN(C)c1ccc(C2c3c(oc4ccccc4c3=O)Oc3oc4ccccc4c(=O)c32)cc1. The van der Waals surface area contributed by atoms with Gasteiger partial charge in [-0.05, 0) is 42.0 Å². The Labute approximate surface area is 188 Å². The highest BCUT2D eigenvalue weighted by Gasteiger charge is 2.38. The lowest BCUT2D eigenvalue weighted by molar-refractivity contribution is 0.266. The third kappa shape index (κ3) is 2.88. The van der Waals surface area contributed by atoms with E-state index in [1.165, 1.54) is 0 Å². The van der Waals surface area contributed by atoms with Gasteiger partial charge in [-0.3, -0.25) is 9.59 Å². The molecule has 0 amide bonds. The number of hydrogen-bond acceptors (Lipinski definition) is 6. The van der Waals surface area contributed by atoms with Gasteiger partial charge in [0.15, 0.2) is 0 Å². The van der Waals surface area contributed by atoms with Gasteiger partial charge in [-0.1, -0.05) is 36.4 Å². The molecule has 2 aromatic heterocycles. The second-order valence-corrected chi connectivity index (χ2v) is 8.28. The normalized spacial score (nSPS) is 12.9. The highest BCUT2D eigenvalue weighted by molar-refractivity contribution is 5.81. The first kappa shape index (κ1) is 19.4. The van der Waals surface area contributed by atoms with Crippen LogP contribution in [0.2, 0.25) is 0 Å². The summed E-state index contributed by atoms with van der Waals surface area (Å²) in [4.78, 5) is 29.3. The van der Waals surface area contributed by atoms with Crippen LogP contribution in [0.15, 0.2) is 91.2 Å². The van der Waals surface area contributed by atoms with Gasteiger partial charge >= 0.3 is 11.9 Å². The summed E-state index contributed by atoms with van der Waals surface area (Å²) in [6.07, 6.45) is 0. The molecule has 0 bridgehead atoms. The Morgan fingerprint density at radius 2 is 1.15 bits per heavy atom. The van der Waals surface area contributed by atoms with Crippen LogP contribution in [0.5, 0.6) is 11.9 Å². The molecule has 6 nitrogen and oxygen atoms in total. The van der Waals surface area contributed by atoms with Crippen molar-refractivity contribution >= 4 is 27.6 Å². The van der Waals surface area contributed by atoms with Crippen LogP contribution < -0.4 is 20.5 Å². The molecule has 0 spiro atoms. The second-order valence-electron chi connectivity index (χ2n) is 8.28. The fraction of sp³-hybridized carbons (Fsp3) is 0.111. The number of fused-ring (bicyclic) bond motifs is 4. The van der Waals surface area contributed by atoms with Crippen molar-refractivity contribution in [1.29, 1.82) is 0 Å². The Bertz CT molecular complexity index is 1560. The van der Waals surface area contributed by atoms with Crippen molar-refractivity contribution in [2.24, 2.45) is 0 Å². The van der Waals surface area contributed by atoms with Crippen molar-refractivity contribution in [2.45, 2.75) is 5.92 Å². The number of rotatable bonds is 2. The van der Waals surface area contributed by atoms with E-state index in [1.807, 2.05) is 43.3 Å². The summed E-state index contributed by atoms with van der Waals surface area (Å²) in [7, 11) is 3.91.